The van der Waals surface area contributed by atoms with E-state index in [1.54, 1.807) is 18.5 Å². The number of nitrogens with zero attached hydrogens (tertiary/aromatic N) is 4. The molecule has 1 aliphatic rings. The average Bonchev–Trinajstić information content (AvgIpc) is 3.16. The summed E-state index contributed by atoms with van der Waals surface area (Å²) in [5, 5.41) is 15.2. The molecule has 186 valence electrons. The maximum absolute atomic E-state index is 13.5. The van der Waals surface area contributed by atoms with Crippen LogP contribution in [0.4, 0.5) is 13.2 Å². The zero-order valence-electron chi connectivity index (χ0n) is 20.3. The van der Waals surface area contributed by atoms with Crippen molar-refractivity contribution in [1.29, 1.82) is 0 Å². The number of hydrogen-bond acceptors (Lipinski definition) is 5. The number of ketones is 1. The molecule has 0 saturated heterocycles. The second kappa shape index (κ2) is 8.23. The molecule has 0 radical (unpaired) electrons. The highest BCUT2D eigenvalue weighted by molar-refractivity contribution is 6.02. The number of Topliss-reactive ketones (excluding diaryl/α,β-unsaturated/α-hetero) is 1. The molecule has 0 amide bonds. The van der Waals surface area contributed by atoms with Crippen molar-refractivity contribution in [2.24, 2.45) is 0 Å². The van der Waals surface area contributed by atoms with Gasteiger partial charge in [-0.15, -0.1) is 0 Å². The van der Waals surface area contributed by atoms with Crippen LogP contribution in [0.2, 0.25) is 0 Å². The van der Waals surface area contributed by atoms with Crippen molar-refractivity contribution in [3.63, 3.8) is 0 Å². The van der Waals surface area contributed by atoms with Gasteiger partial charge in [-0.25, -0.2) is 9.97 Å². The first-order valence-electron chi connectivity index (χ1n) is 11.6. The van der Waals surface area contributed by atoms with Crippen molar-refractivity contribution in [3.05, 3.63) is 76.2 Å². The van der Waals surface area contributed by atoms with E-state index < -0.39 is 17.3 Å². The van der Waals surface area contributed by atoms with Gasteiger partial charge in [0.25, 0.3) is 0 Å². The summed E-state index contributed by atoms with van der Waals surface area (Å²) in [7, 11) is 0. The molecule has 0 spiro atoms. The number of alkyl halides is 3. The summed E-state index contributed by atoms with van der Waals surface area (Å²) in [6.45, 7) is 7.62. The molecule has 2 aromatic heterocycles. The van der Waals surface area contributed by atoms with Gasteiger partial charge in [0.15, 0.2) is 11.6 Å². The number of carbonyl (C=O) groups is 1. The molecule has 4 aromatic rings. The third-order valence-corrected chi connectivity index (χ3v) is 6.76. The highest BCUT2D eigenvalue weighted by Crippen LogP contribution is 2.37. The lowest BCUT2D eigenvalue weighted by Crippen LogP contribution is -2.26. The highest BCUT2D eigenvalue weighted by Gasteiger charge is 2.36. The molecular formula is C27H25F3N4O2. The minimum Gasteiger partial charge on any atom is -0.384 e. The van der Waals surface area contributed by atoms with Gasteiger partial charge in [0, 0.05) is 29.3 Å². The summed E-state index contributed by atoms with van der Waals surface area (Å²) >= 11 is 0. The van der Waals surface area contributed by atoms with E-state index in [1.165, 1.54) is 12.3 Å². The molecule has 0 bridgehead atoms. The van der Waals surface area contributed by atoms with Crippen LogP contribution < -0.4 is 0 Å². The van der Waals surface area contributed by atoms with Crippen molar-refractivity contribution >= 4 is 16.7 Å². The van der Waals surface area contributed by atoms with E-state index in [9.17, 15) is 23.1 Å². The summed E-state index contributed by atoms with van der Waals surface area (Å²) in [4.78, 5) is 22.2. The van der Waals surface area contributed by atoms with E-state index in [2.05, 4.69) is 15.1 Å². The lowest BCUT2D eigenvalue weighted by molar-refractivity contribution is -0.137. The molecule has 0 saturated carbocycles. The van der Waals surface area contributed by atoms with Crippen molar-refractivity contribution in [1.82, 2.24) is 19.7 Å². The topological polar surface area (TPSA) is 80.9 Å². The maximum Gasteiger partial charge on any atom is 0.416 e. The molecule has 1 N–H and O–H groups in total. The first kappa shape index (κ1) is 24.1. The number of aromatic nitrogens is 4. The molecule has 1 aliphatic heterocycles. The molecule has 5 rings (SSSR count). The number of benzene rings is 2. The second-order valence-corrected chi connectivity index (χ2v) is 9.85. The molecule has 3 heterocycles. The Balaban J connectivity index is 1.46. The summed E-state index contributed by atoms with van der Waals surface area (Å²) in [5.41, 5.74) is 2.79. The smallest absolute Gasteiger partial charge is 0.384 e. The summed E-state index contributed by atoms with van der Waals surface area (Å²) in [5.74, 6) is 0.0329. The van der Waals surface area contributed by atoms with E-state index in [-0.39, 0.29) is 11.7 Å². The number of halogens is 3. The largest absolute Gasteiger partial charge is 0.416 e. The van der Waals surface area contributed by atoms with Crippen molar-refractivity contribution in [3.8, 4) is 11.4 Å². The van der Waals surface area contributed by atoms with Crippen LogP contribution in [-0.2, 0) is 18.3 Å². The average molecular weight is 495 g/mol. The predicted molar refractivity (Wildman–Crippen MR) is 129 cm³/mol. The third kappa shape index (κ3) is 4.07. The van der Waals surface area contributed by atoms with Gasteiger partial charge in [-0.2, -0.15) is 18.3 Å². The van der Waals surface area contributed by atoms with Crippen molar-refractivity contribution in [2.75, 3.05) is 0 Å². The van der Waals surface area contributed by atoms with Gasteiger partial charge in [0.1, 0.15) is 11.3 Å². The van der Waals surface area contributed by atoms with Gasteiger partial charge in [0.2, 0.25) is 0 Å². The molecule has 1 atom stereocenters. The minimum atomic E-state index is -4.43. The van der Waals surface area contributed by atoms with E-state index >= 15 is 0 Å². The zero-order chi connectivity index (χ0) is 26.0. The van der Waals surface area contributed by atoms with Crippen LogP contribution in [0.1, 0.15) is 64.6 Å². The standard InChI is InChI=1S/C27H25F3N4O2/c1-14-11-16(25-31-13-17-12-18(27(28,29)30)6-8-21(17)32-25)5-7-19(14)20-9-10-34-22(23(20)35)15(2)24(33-34)26(3,4)36/h5-8,11-13,20,36H,9-10H2,1-4H3. The lowest BCUT2D eigenvalue weighted by Gasteiger charge is -2.24. The fourth-order valence-electron chi connectivity index (χ4n) is 5.01. The first-order chi connectivity index (χ1) is 16.8. The van der Waals surface area contributed by atoms with Crippen LogP contribution in [0.3, 0.4) is 0 Å². The van der Waals surface area contributed by atoms with Crippen LogP contribution in [0, 0.1) is 13.8 Å². The molecule has 0 fully saturated rings. The monoisotopic (exact) mass is 494 g/mol. The van der Waals surface area contributed by atoms with E-state index in [1.807, 2.05) is 32.0 Å². The maximum atomic E-state index is 13.5. The normalized spacial score (nSPS) is 16.4. The van der Waals surface area contributed by atoms with Crippen molar-refractivity contribution < 1.29 is 23.1 Å². The fraction of sp³-hybridized carbons (Fsp3) is 0.333. The molecule has 0 aliphatic carbocycles. The number of rotatable bonds is 3. The summed E-state index contributed by atoms with van der Waals surface area (Å²) in [6, 6.07) is 9.03. The summed E-state index contributed by atoms with van der Waals surface area (Å²) in [6.07, 6.45) is -2.44. The summed E-state index contributed by atoms with van der Waals surface area (Å²) < 4.78 is 40.7. The van der Waals surface area contributed by atoms with Gasteiger partial charge >= 0.3 is 6.18 Å². The van der Waals surface area contributed by atoms with E-state index in [0.29, 0.717) is 52.2 Å². The Kier molecular flexibility index (Phi) is 5.51. The molecule has 6 nitrogen and oxygen atoms in total. The quantitative estimate of drug-likeness (QED) is 0.394. The highest BCUT2D eigenvalue weighted by atomic mass is 19.4. The van der Waals surface area contributed by atoms with Gasteiger partial charge < -0.3 is 5.11 Å². The SMILES string of the molecule is Cc1cc(-c2ncc3cc(C(F)(F)F)ccc3n2)ccc1C1CCn2nc(C(C)(C)O)c(C)c2C1=O. The van der Waals surface area contributed by atoms with E-state index in [4.69, 9.17) is 0 Å². The Labute approximate surface area is 205 Å². The number of fused-ring (bicyclic) bond motifs is 2. The number of hydrogen-bond donors (Lipinski definition) is 1. The molecule has 2 aromatic carbocycles. The molecule has 1 unspecified atom stereocenters. The van der Waals surface area contributed by atoms with Crippen LogP contribution in [-0.4, -0.2) is 30.6 Å². The first-order valence-corrected chi connectivity index (χ1v) is 11.6. The van der Waals surface area contributed by atoms with Crippen molar-refractivity contribution in [2.45, 2.75) is 58.4 Å². The predicted octanol–water partition coefficient (Wildman–Crippen LogP) is 5.73. The van der Waals surface area contributed by atoms with Crippen LogP contribution in [0.15, 0.2) is 42.6 Å². The second-order valence-electron chi connectivity index (χ2n) is 9.85. The van der Waals surface area contributed by atoms with Gasteiger partial charge in [-0.3, -0.25) is 9.48 Å². The van der Waals surface area contributed by atoms with Gasteiger partial charge in [-0.05, 0) is 69.5 Å². The van der Waals surface area contributed by atoms with Gasteiger partial charge in [0.05, 0.1) is 22.7 Å². The van der Waals surface area contributed by atoms with Gasteiger partial charge in [-0.1, -0.05) is 12.1 Å². The fourth-order valence-corrected chi connectivity index (χ4v) is 5.01. The zero-order valence-corrected chi connectivity index (χ0v) is 20.3. The number of carbonyl (C=O) groups excluding carboxylic acids is 1. The Bertz CT molecular complexity index is 1520. The molecule has 9 heteroatoms. The number of aliphatic hydroxyl groups is 1. The van der Waals surface area contributed by atoms with Crippen LogP contribution >= 0.6 is 0 Å². The third-order valence-electron chi connectivity index (χ3n) is 6.76. The Hall–Kier alpha value is -3.59. The Morgan fingerprint density at radius 3 is 2.50 bits per heavy atom. The van der Waals surface area contributed by atoms with E-state index in [0.717, 1.165) is 23.3 Å². The molecular weight excluding hydrogens is 469 g/mol. The lowest BCUT2D eigenvalue weighted by atomic mass is 9.83. The Morgan fingerprint density at radius 1 is 1.08 bits per heavy atom. The van der Waals surface area contributed by atoms with Crippen LogP contribution in [0.25, 0.3) is 22.3 Å². The number of aryl methyl sites for hydroxylation is 2. The van der Waals surface area contributed by atoms with Crippen LogP contribution in [0.5, 0.6) is 0 Å². The molecule has 36 heavy (non-hydrogen) atoms. The minimum absolute atomic E-state index is 0.0278. The Morgan fingerprint density at radius 2 is 1.83 bits per heavy atom.